The summed E-state index contributed by atoms with van der Waals surface area (Å²) >= 11 is 0. The zero-order chi connectivity index (χ0) is 17.9. The molecule has 1 unspecified atom stereocenters. The first kappa shape index (κ1) is 16.5. The van der Waals surface area contributed by atoms with Gasteiger partial charge in [-0.25, -0.2) is 0 Å². The van der Waals surface area contributed by atoms with Crippen LogP contribution in [0.3, 0.4) is 0 Å². The first-order chi connectivity index (χ1) is 12.7. The molecule has 26 heavy (non-hydrogen) atoms. The Balaban J connectivity index is 1.43. The van der Waals surface area contributed by atoms with Crippen molar-refractivity contribution in [3.05, 3.63) is 66.6 Å². The van der Waals surface area contributed by atoms with E-state index >= 15 is 0 Å². The highest BCUT2D eigenvalue weighted by Gasteiger charge is 2.35. The van der Waals surface area contributed by atoms with Crippen molar-refractivity contribution in [2.45, 2.75) is 19.0 Å². The number of amides is 1. The molecular weight excluding hydrogens is 328 g/mol. The maximum Gasteiger partial charge on any atom is 0.247 e. The molecule has 6 heteroatoms. The van der Waals surface area contributed by atoms with E-state index in [1.54, 1.807) is 0 Å². The van der Waals surface area contributed by atoms with Crippen LogP contribution in [0.1, 0.15) is 12.3 Å². The van der Waals surface area contributed by atoms with Gasteiger partial charge in [0.2, 0.25) is 17.7 Å². The van der Waals surface area contributed by atoms with Gasteiger partial charge in [-0.3, -0.25) is 9.69 Å². The molecule has 0 saturated carbocycles. The van der Waals surface area contributed by atoms with Crippen molar-refractivity contribution in [3.63, 3.8) is 0 Å². The van der Waals surface area contributed by atoms with E-state index in [1.165, 1.54) is 0 Å². The summed E-state index contributed by atoms with van der Waals surface area (Å²) in [6.45, 7) is 1.16. The average Bonchev–Trinajstić information content (AvgIpc) is 3.30. The normalized spacial score (nSPS) is 17.2. The topological polar surface area (TPSA) is 62.5 Å². The number of hydrogen-bond acceptors (Lipinski definition) is 5. The Kier molecular flexibility index (Phi) is 4.50. The van der Waals surface area contributed by atoms with Gasteiger partial charge in [0.1, 0.15) is 0 Å². The van der Waals surface area contributed by atoms with Crippen molar-refractivity contribution in [2.75, 3.05) is 18.5 Å². The van der Waals surface area contributed by atoms with Crippen molar-refractivity contribution in [3.8, 4) is 11.5 Å². The number of para-hydroxylation sites is 1. The van der Waals surface area contributed by atoms with Gasteiger partial charge in [-0.15, -0.1) is 10.2 Å². The van der Waals surface area contributed by atoms with Gasteiger partial charge in [0, 0.05) is 17.8 Å². The molecule has 0 radical (unpaired) electrons. The number of anilines is 1. The molecule has 132 valence electrons. The molecule has 1 amide bonds. The quantitative estimate of drug-likeness (QED) is 0.709. The highest BCUT2D eigenvalue weighted by atomic mass is 16.4. The first-order valence-corrected chi connectivity index (χ1v) is 8.67. The molecule has 0 aliphatic carbocycles. The number of hydrogen-bond donors (Lipinski definition) is 0. The van der Waals surface area contributed by atoms with Crippen LogP contribution in [0.5, 0.6) is 0 Å². The number of benzene rings is 2. The van der Waals surface area contributed by atoms with Crippen molar-refractivity contribution in [2.24, 2.45) is 0 Å². The van der Waals surface area contributed by atoms with Crippen molar-refractivity contribution >= 4 is 11.6 Å². The van der Waals surface area contributed by atoms with E-state index in [9.17, 15) is 4.79 Å². The Morgan fingerprint density at radius 1 is 1.08 bits per heavy atom. The van der Waals surface area contributed by atoms with Crippen molar-refractivity contribution < 1.29 is 9.21 Å². The molecule has 1 fully saturated rings. The highest BCUT2D eigenvalue weighted by Crippen LogP contribution is 2.25. The summed E-state index contributed by atoms with van der Waals surface area (Å²) in [7, 11) is 1.92. The van der Waals surface area contributed by atoms with E-state index in [2.05, 4.69) is 10.2 Å². The van der Waals surface area contributed by atoms with Gasteiger partial charge in [-0.1, -0.05) is 36.4 Å². The predicted molar refractivity (Wildman–Crippen MR) is 98.4 cm³/mol. The molecule has 0 bridgehead atoms. The molecular formula is C20H20N4O2. The van der Waals surface area contributed by atoms with Crippen LogP contribution in [0.2, 0.25) is 0 Å². The second-order valence-electron chi connectivity index (χ2n) is 6.41. The summed E-state index contributed by atoms with van der Waals surface area (Å²) < 4.78 is 5.76. The van der Waals surface area contributed by atoms with Gasteiger partial charge >= 0.3 is 0 Å². The Morgan fingerprint density at radius 2 is 1.77 bits per heavy atom. The Morgan fingerprint density at radius 3 is 2.50 bits per heavy atom. The van der Waals surface area contributed by atoms with E-state index in [0.717, 1.165) is 24.2 Å². The van der Waals surface area contributed by atoms with Crippen LogP contribution in [0.15, 0.2) is 65.1 Å². The molecule has 2 heterocycles. The maximum absolute atomic E-state index is 12.8. The van der Waals surface area contributed by atoms with Crippen LogP contribution in [0.25, 0.3) is 11.5 Å². The van der Waals surface area contributed by atoms with E-state index < -0.39 is 0 Å². The summed E-state index contributed by atoms with van der Waals surface area (Å²) in [5.41, 5.74) is 1.83. The number of rotatable bonds is 5. The molecule has 1 aliphatic rings. The van der Waals surface area contributed by atoms with Gasteiger partial charge < -0.3 is 9.32 Å². The van der Waals surface area contributed by atoms with Crippen LogP contribution >= 0.6 is 0 Å². The van der Waals surface area contributed by atoms with Crippen LogP contribution in [-0.4, -0.2) is 40.6 Å². The minimum Gasteiger partial charge on any atom is -0.419 e. The Labute approximate surface area is 152 Å². The van der Waals surface area contributed by atoms with Crippen molar-refractivity contribution in [1.82, 2.24) is 15.1 Å². The van der Waals surface area contributed by atoms with Gasteiger partial charge in [-0.05, 0) is 37.7 Å². The Hall–Kier alpha value is -2.99. The molecule has 6 nitrogen and oxygen atoms in total. The molecule has 1 aromatic heterocycles. The molecule has 4 rings (SSSR count). The van der Waals surface area contributed by atoms with E-state index in [4.69, 9.17) is 4.42 Å². The number of likely N-dealkylation sites (N-methyl/N-ethyl adjacent to an activating group) is 1. The minimum absolute atomic E-state index is 0.112. The van der Waals surface area contributed by atoms with E-state index in [0.29, 0.717) is 18.3 Å². The second kappa shape index (κ2) is 7.09. The lowest BCUT2D eigenvalue weighted by atomic mass is 10.2. The van der Waals surface area contributed by atoms with Gasteiger partial charge in [0.05, 0.1) is 12.6 Å². The molecule has 1 atom stereocenters. The third-order valence-corrected chi connectivity index (χ3v) is 4.65. The monoisotopic (exact) mass is 348 g/mol. The fourth-order valence-electron chi connectivity index (χ4n) is 3.28. The van der Waals surface area contributed by atoms with Gasteiger partial charge in [0.25, 0.3) is 0 Å². The lowest BCUT2D eigenvalue weighted by Gasteiger charge is -2.22. The van der Waals surface area contributed by atoms with Crippen LogP contribution in [-0.2, 0) is 11.3 Å². The number of carbonyl (C=O) groups is 1. The average molecular weight is 348 g/mol. The lowest BCUT2D eigenvalue weighted by Crippen LogP contribution is -2.39. The lowest BCUT2D eigenvalue weighted by molar-refractivity contribution is -0.121. The standard InChI is InChI=1S/C20H20N4O2/c1-23(14-18-21-22-19(26-18)15-8-4-2-5-9-15)17-12-13-24(20(17)25)16-10-6-3-7-11-16/h2-11,17H,12-14H2,1H3. The SMILES string of the molecule is CN(Cc1nnc(-c2ccccc2)o1)C1CCN(c2ccccc2)C1=O. The third-order valence-electron chi connectivity index (χ3n) is 4.65. The third kappa shape index (κ3) is 3.23. The number of carbonyl (C=O) groups excluding carboxylic acids is 1. The number of aromatic nitrogens is 2. The minimum atomic E-state index is -0.178. The number of nitrogens with zero attached hydrogens (tertiary/aromatic N) is 4. The van der Waals surface area contributed by atoms with Crippen molar-refractivity contribution in [1.29, 1.82) is 0 Å². The van der Waals surface area contributed by atoms with E-state index in [1.807, 2.05) is 77.5 Å². The molecule has 3 aromatic rings. The van der Waals surface area contributed by atoms with Gasteiger partial charge in [-0.2, -0.15) is 0 Å². The zero-order valence-electron chi connectivity index (χ0n) is 14.6. The largest absolute Gasteiger partial charge is 0.419 e. The fraction of sp³-hybridized carbons (Fsp3) is 0.250. The fourth-order valence-corrected chi connectivity index (χ4v) is 3.28. The van der Waals surface area contributed by atoms with Crippen LogP contribution in [0.4, 0.5) is 5.69 Å². The predicted octanol–water partition coefficient (Wildman–Crippen LogP) is 2.97. The maximum atomic E-state index is 12.8. The molecule has 1 saturated heterocycles. The van der Waals surface area contributed by atoms with Crippen LogP contribution in [0, 0.1) is 0 Å². The second-order valence-corrected chi connectivity index (χ2v) is 6.41. The van der Waals surface area contributed by atoms with E-state index in [-0.39, 0.29) is 11.9 Å². The summed E-state index contributed by atoms with van der Waals surface area (Å²) in [6.07, 6.45) is 0.782. The summed E-state index contributed by atoms with van der Waals surface area (Å²) in [5.74, 6) is 1.12. The summed E-state index contributed by atoms with van der Waals surface area (Å²) in [5, 5.41) is 8.23. The smallest absolute Gasteiger partial charge is 0.247 e. The zero-order valence-corrected chi connectivity index (χ0v) is 14.6. The summed E-state index contributed by atoms with van der Waals surface area (Å²) in [6, 6.07) is 19.3. The molecule has 2 aromatic carbocycles. The highest BCUT2D eigenvalue weighted by molar-refractivity contribution is 5.99. The van der Waals surface area contributed by atoms with Crippen LogP contribution < -0.4 is 4.90 Å². The Bertz CT molecular complexity index is 879. The molecule has 1 aliphatic heterocycles. The first-order valence-electron chi connectivity index (χ1n) is 8.67. The molecule has 0 N–H and O–H groups in total. The molecule has 0 spiro atoms. The van der Waals surface area contributed by atoms with Gasteiger partial charge in [0.15, 0.2) is 0 Å². The summed E-state index contributed by atoms with van der Waals surface area (Å²) in [4.78, 5) is 16.6.